The molecule has 4 heteroatoms. The highest BCUT2D eigenvalue weighted by atomic mass is 16.4. The van der Waals surface area contributed by atoms with Gasteiger partial charge in [0, 0.05) is 19.2 Å². The normalized spacial score (nSPS) is 31.7. The maximum absolute atomic E-state index is 10.7. The third-order valence-electron chi connectivity index (χ3n) is 2.77. The number of carbonyl (C=O) groups is 1. The molecule has 1 saturated carbocycles. The summed E-state index contributed by atoms with van der Waals surface area (Å²) in [6, 6.07) is 0. The molecule has 1 N–H and O–H groups in total. The van der Waals surface area contributed by atoms with Crippen molar-refractivity contribution in [3.8, 4) is 0 Å². The lowest BCUT2D eigenvalue weighted by Crippen LogP contribution is -1.99. The third kappa shape index (κ3) is 1.22. The standard InChI is InChI=1S/C9H12N2O2/c1-5-7(8(5)9(12)13)6-3-10-11(2)4-6/h3-5,7-8H,1-2H3,(H,12,13). The molecule has 1 aliphatic rings. The first kappa shape index (κ1) is 8.29. The van der Waals surface area contributed by atoms with Crippen LogP contribution < -0.4 is 0 Å². The topological polar surface area (TPSA) is 55.1 Å². The van der Waals surface area contributed by atoms with Gasteiger partial charge in [-0.1, -0.05) is 6.92 Å². The van der Waals surface area contributed by atoms with Gasteiger partial charge in [0.1, 0.15) is 0 Å². The van der Waals surface area contributed by atoms with Crippen LogP contribution in [0.5, 0.6) is 0 Å². The number of aliphatic carboxylic acids is 1. The van der Waals surface area contributed by atoms with Gasteiger partial charge >= 0.3 is 5.97 Å². The molecular weight excluding hydrogens is 168 g/mol. The maximum Gasteiger partial charge on any atom is 0.307 e. The van der Waals surface area contributed by atoms with E-state index in [-0.39, 0.29) is 17.8 Å². The zero-order chi connectivity index (χ0) is 9.59. The number of aromatic nitrogens is 2. The fraction of sp³-hybridized carbons (Fsp3) is 0.556. The molecule has 0 amide bonds. The Kier molecular flexibility index (Phi) is 1.65. The van der Waals surface area contributed by atoms with E-state index in [2.05, 4.69) is 5.10 Å². The van der Waals surface area contributed by atoms with Crippen molar-refractivity contribution in [3.05, 3.63) is 18.0 Å². The molecule has 0 spiro atoms. The Morgan fingerprint density at radius 2 is 2.38 bits per heavy atom. The van der Waals surface area contributed by atoms with Crippen LogP contribution in [-0.2, 0) is 11.8 Å². The van der Waals surface area contributed by atoms with Crippen molar-refractivity contribution >= 4 is 5.97 Å². The van der Waals surface area contributed by atoms with E-state index in [1.54, 1.807) is 10.9 Å². The highest BCUT2D eigenvalue weighted by Crippen LogP contribution is 2.53. The van der Waals surface area contributed by atoms with Crippen molar-refractivity contribution < 1.29 is 9.90 Å². The van der Waals surface area contributed by atoms with E-state index >= 15 is 0 Å². The Morgan fingerprint density at radius 3 is 2.77 bits per heavy atom. The molecule has 0 radical (unpaired) electrons. The quantitative estimate of drug-likeness (QED) is 0.734. The van der Waals surface area contributed by atoms with Crippen LogP contribution in [0.15, 0.2) is 12.4 Å². The Labute approximate surface area is 76.2 Å². The van der Waals surface area contributed by atoms with E-state index in [4.69, 9.17) is 5.11 Å². The summed E-state index contributed by atoms with van der Waals surface area (Å²) in [6.45, 7) is 1.97. The summed E-state index contributed by atoms with van der Waals surface area (Å²) < 4.78 is 1.71. The molecule has 0 bridgehead atoms. The van der Waals surface area contributed by atoms with E-state index in [1.165, 1.54) is 0 Å². The van der Waals surface area contributed by atoms with Gasteiger partial charge < -0.3 is 5.11 Å². The molecule has 70 valence electrons. The minimum atomic E-state index is -0.693. The van der Waals surface area contributed by atoms with E-state index in [1.807, 2.05) is 20.2 Å². The number of rotatable bonds is 2. The number of nitrogens with zero attached hydrogens (tertiary/aromatic N) is 2. The van der Waals surface area contributed by atoms with Crippen molar-refractivity contribution in [2.24, 2.45) is 18.9 Å². The van der Waals surface area contributed by atoms with Gasteiger partial charge in [-0.05, 0) is 11.5 Å². The zero-order valence-electron chi connectivity index (χ0n) is 7.64. The van der Waals surface area contributed by atoms with Crippen LogP contribution in [0.2, 0.25) is 0 Å². The van der Waals surface area contributed by atoms with Crippen LogP contribution >= 0.6 is 0 Å². The van der Waals surface area contributed by atoms with Crippen molar-refractivity contribution in [1.82, 2.24) is 9.78 Å². The summed E-state index contributed by atoms with van der Waals surface area (Å²) in [6.07, 6.45) is 3.65. The lowest BCUT2D eigenvalue weighted by molar-refractivity contribution is -0.138. The summed E-state index contributed by atoms with van der Waals surface area (Å²) in [5, 5.41) is 12.9. The van der Waals surface area contributed by atoms with E-state index < -0.39 is 5.97 Å². The minimum absolute atomic E-state index is 0.172. The molecule has 0 aliphatic heterocycles. The fourth-order valence-electron chi connectivity index (χ4n) is 1.96. The van der Waals surface area contributed by atoms with Gasteiger partial charge in [0.15, 0.2) is 0 Å². The number of aryl methyl sites for hydroxylation is 1. The highest BCUT2D eigenvalue weighted by Gasteiger charge is 2.53. The molecule has 4 nitrogen and oxygen atoms in total. The molecule has 1 aliphatic carbocycles. The van der Waals surface area contributed by atoms with Crippen molar-refractivity contribution in [2.45, 2.75) is 12.8 Å². The van der Waals surface area contributed by atoms with Gasteiger partial charge in [0.25, 0.3) is 0 Å². The molecule has 13 heavy (non-hydrogen) atoms. The molecule has 1 aromatic heterocycles. The average molecular weight is 180 g/mol. The predicted molar refractivity (Wildman–Crippen MR) is 46.2 cm³/mol. The Bertz CT molecular complexity index is 345. The van der Waals surface area contributed by atoms with E-state index in [0.29, 0.717) is 0 Å². The van der Waals surface area contributed by atoms with Crippen LogP contribution in [0.25, 0.3) is 0 Å². The molecule has 1 heterocycles. The van der Waals surface area contributed by atoms with Gasteiger partial charge in [0.2, 0.25) is 0 Å². The second-order valence-corrected chi connectivity index (χ2v) is 3.70. The number of carboxylic acids is 1. The summed E-state index contributed by atoms with van der Waals surface area (Å²) in [5.41, 5.74) is 1.04. The second kappa shape index (κ2) is 2.58. The van der Waals surface area contributed by atoms with Crippen molar-refractivity contribution in [1.29, 1.82) is 0 Å². The van der Waals surface area contributed by atoms with Gasteiger partial charge in [-0.15, -0.1) is 0 Å². The van der Waals surface area contributed by atoms with Gasteiger partial charge in [-0.25, -0.2) is 0 Å². The first-order valence-corrected chi connectivity index (χ1v) is 4.32. The van der Waals surface area contributed by atoms with Crippen molar-refractivity contribution in [2.75, 3.05) is 0 Å². The third-order valence-corrected chi connectivity index (χ3v) is 2.77. The van der Waals surface area contributed by atoms with E-state index in [9.17, 15) is 4.79 Å². The predicted octanol–water partition coefficient (Wildman–Crippen LogP) is 0.854. The SMILES string of the molecule is CC1C(C(=O)O)C1c1cnn(C)c1. The molecular formula is C9H12N2O2. The minimum Gasteiger partial charge on any atom is -0.481 e. The molecule has 1 aromatic rings. The van der Waals surface area contributed by atoms with Gasteiger partial charge in [0.05, 0.1) is 12.1 Å². The molecule has 3 atom stereocenters. The Morgan fingerprint density at radius 1 is 1.69 bits per heavy atom. The zero-order valence-corrected chi connectivity index (χ0v) is 7.64. The maximum atomic E-state index is 10.7. The average Bonchev–Trinajstić information content (AvgIpc) is 2.51. The molecule has 0 aromatic carbocycles. The smallest absolute Gasteiger partial charge is 0.307 e. The first-order valence-electron chi connectivity index (χ1n) is 4.32. The Hall–Kier alpha value is -1.32. The van der Waals surface area contributed by atoms with Gasteiger partial charge in [-0.2, -0.15) is 5.10 Å². The molecule has 0 saturated heterocycles. The molecule has 1 fully saturated rings. The van der Waals surface area contributed by atoms with E-state index in [0.717, 1.165) is 5.56 Å². The summed E-state index contributed by atoms with van der Waals surface area (Å²) in [5.74, 6) is -0.474. The monoisotopic (exact) mass is 180 g/mol. The van der Waals surface area contributed by atoms with Crippen LogP contribution in [0, 0.1) is 11.8 Å². The largest absolute Gasteiger partial charge is 0.481 e. The molecule has 2 rings (SSSR count). The van der Waals surface area contributed by atoms with Crippen LogP contribution in [0.3, 0.4) is 0 Å². The van der Waals surface area contributed by atoms with Crippen LogP contribution in [-0.4, -0.2) is 20.9 Å². The summed E-state index contributed by atoms with van der Waals surface area (Å²) in [4.78, 5) is 10.7. The second-order valence-electron chi connectivity index (χ2n) is 3.70. The Balaban J connectivity index is 2.17. The summed E-state index contributed by atoms with van der Waals surface area (Å²) in [7, 11) is 1.84. The number of hydrogen-bond acceptors (Lipinski definition) is 2. The number of carboxylic acid groups (broad SMARTS) is 1. The van der Waals surface area contributed by atoms with Crippen LogP contribution in [0.1, 0.15) is 18.4 Å². The number of hydrogen-bond donors (Lipinski definition) is 1. The summed E-state index contributed by atoms with van der Waals surface area (Å²) >= 11 is 0. The first-order chi connectivity index (χ1) is 6.11. The van der Waals surface area contributed by atoms with Crippen molar-refractivity contribution in [3.63, 3.8) is 0 Å². The highest BCUT2D eigenvalue weighted by molar-refractivity contribution is 5.76. The van der Waals surface area contributed by atoms with Gasteiger partial charge in [-0.3, -0.25) is 9.48 Å². The molecule has 3 unspecified atom stereocenters. The fourth-order valence-corrected chi connectivity index (χ4v) is 1.96. The van der Waals surface area contributed by atoms with Crippen LogP contribution in [0.4, 0.5) is 0 Å². The lowest BCUT2D eigenvalue weighted by atomic mass is 10.2. The lowest BCUT2D eigenvalue weighted by Gasteiger charge is -1.89.